The highest BCUT2D eigenvalue weighted by molar-refractivity contribution is 6.03. The molecule has 0 aliphatic rings. The summed E-state index contributed by atoms with van der Waals surface area (Å²) in [7, 11) is 1.50. The van der Waals surface area contributed by atoms with Crippen molar-refractivity contribution in [1.29, 1.82) is 0 Å². The van der Waals surface area contributed by atoms with Crippen LogP contribution in [0.1, 0.15) is 34.1 Å². The first-order chi connectivity index (χ1) is 10.4. The quantitative estimate of drug-likeness (QED) is 0.638. The zero-order chi connectivity index (χ0) is 17.2. The summed E-state index contributed by atoms with van der Waals surface area (Å²) in [5, 5.41) is 2.72. The third kappa shape index (κ3) is 7.66. The average Bonchev–Trinajstić information content (AvgIpc) is 2.48. The highest BCUT2D eigenvalue weighted by Gasteiger charge is 2.32. The molecule has 1 rings (SSSR count). The fourth-order valence-corrected chi connectivity index (χ4v) is 1.30. The van der Waals surface area contributed by atoms with Gasteiger partial charge in [0, 0.05) is 12.8 Å². The van der Waals surface area contributed by atoms with Crippen molar-refractivity contribution in [2.24, 2.45) is 9.98 Å². The monoisotopic (exact) mass is 317 g/mol. The van der Waals surface area contributed by atoms with Gasteiger partial charge in [0.05, 0.1) is 5.69 Å². The van der Waals surface area contributed by atoms with Gasteiger partial charge in [-0.1, -0.05) is 32.9 Å². The maximum absolute atomic E-state index is 12.3. The number of hydrogen-bond donors (Lipinski definition) is 1. The Morgan fingerprint density at radius 1 is 1.23 bits per heavy atom. The predicted molar refractivity (Wildman–Crippen MR) is 84.9 cm³/mol. The number of para-hydroxylation sites is 2. The predicted octanol–water partition coefficient (Wildman–Crippen LogP) is 4.88. The molecule has 0 atom stereocenters. The number of hydrogen-bond acceptors (Lipinski definition) is 2. The number of guanidine groups is 1. The van der Waals surface area contributed by atoms with Crippen molar-refractivity contribution in [3.8, 4) is 5.75 Å². The standard InChI is InChI=1S/C13H16F3N3O.C2H6/c1-4-9(2)18-12(17-3)19-10-7-5-6-8-11(10)20-13(14,15)16;1-2/h5-8H,4H2,1-3H3,(H,17,19);1-2H3/b18-9-;. The van der Waals surface area contributed by atoms with E-state index in [1.54, 1.807) is 6.07 Å². The topological polar surface area (TPSA) is 46.0 Å². The van der Waals surface area contributed by atoms with Crippen molar-refractivity contribution < 1.29 is 17.9 Å². The molecule has 1 aromatic rings. The van der Waals surface area contributed by atoms with Gasteiger partial charge in [-0.2, -0.15) is 0 Å². The highest BCUT2D eigenvalue weighted by Crippen LogP contribution is 2.29. The summed E-state index contributed by atoms with van der Waals surface area (Å²) < 4.78 is 40.8. The van der Waals surface area contributed by atoms with E-state index >= 15 is 0 Å². The van der Waals surface area contributed by atoms with E-state index in [0.717, 1.165) is 12.1 Å². The van der Waals surface area contributed by atoms with Crippen LogP contribution in [0.25, 0.3) is 0 Å². The van der Waals surface area contributed by atoms with E-state index < -0.39 is 6.36 Å². The molecule has 0 radical (unpaired) electrons. The Balaban J connectivity index is 0.00000211. The molecule has 0 bridgehead atoms. The maximum atomic E-state index is 12.3. The van der Waals surface area contributed by atoms with Crippen molar-refractivity contribution in [2.45, 2.75) is 40.5 Å². The van der Waals surface area contributed by atoms with Gasteiger partial charge in [-0.05, 0) is 25.5 Å². The molecule has 0 amide bonds. The Labute approximate surface area is 129 Å². The fourth-order valence-electron chi connectivity index (χ4n) is 1.30. The molecule has 0 aromatic heterocycles. The van der Waals surface area contributed by atoms with E-state index in [9.17, 15) is 13.2 Å². The summed E-state index contributed by atoms with van der Waals surface area (Å²) in [5.41, 5.74) is 0.963. The molecule has 22 heavy (non-hydrogen) atoms. The smallest absolute Gasteiger partial charge is 0.404 e. The highest BCUT2D eigenvalue weighted by atomic mass is 19.4. The van der Waals surface area contributed by atoms with Crippen molar-refractivity contribution in [3.63, 3.8) is 0 Å². The maximum Gasteiger partial charge on any atom is 0.573 e. The number of anilines is 1. The van der Waals surface area contributed by atoms with Gasteiger partial charge < -0.3 is 10.1 Å². The Kier molecular flexibility index (Phi) is 8.89. The van der Waals surface area contributed by atoms with Crippen molar-refractivity contribution >= 4 is 17.4 Å². The fraction of sp³-hybridized carbons (Fsp3) is 0.467. The molecular formula is C15H22F3N3O. The molecule has 0 fully saturated rings. The SMILES string of the molecule is CC.CC/C(C)=N\C(=NC)Nc1ccccc1OC(F)(F)F. The Hall–Kier alpha value is -2.05. The summed E-state index contributed by atoms with van der Waals surface area (Å²) in [6.45, 7) is 7.73. The Bertz CT molecular complexity index is 511. The van der Waals surface area contributed by atoms with E-state index in [1.165, 1.54) is 25.2 Å². The van der Waals surface area contributed by atoms with Gasteiger partial charge in [-0.25, -0.2) is 4.99 Å². The molecular weight excluding hydrogens is 295 g/mol. The molecule has 0 spiro atoms. The van der Waals surface area contributed by atoms with Gasteiger partial charge in [-0.3, -0.25) is 4.99 Å². The van der Waals surface area contributed by atoms with Gasteiger partial charge >= 0.3 is 6.36 Å². The van der Waals surface area contributed by atoms with Crippen LogP contribution >= 0.6 is 0 Å². The first-order valence-corrected chi connectivity index (χ1v) is 6.98. The van der Waals surface area contributed by atoms with Gasteiger partial charge in [0.15, 0.2) is 5.75 Å². The minimum Gasteiger partial charge on any atom is -0.404 e. The number of alkyl halides is 3. The van der Waals surface area contributed by atoms with Crippen LogP contribution in [-0.2, 0) is 0 Å². The summed E-state index contributed by atoms with van der Waals surface area (Å²) in [4.78, 5) is 8.06. The van der Waals surface area contributed by atoms with Crippen LogP contribution in [0.5, 0.6) is 5.75 Å². The molecule has 1 aromatic carbocycles. The normalized spacial score (nSPS) is 12.4. The van der Waals surface area contributed by atoms with Crippen LogP contribution in [0, 0.1) is 0 Å². The van der Waals surface area contributed by atoms with Crippen LogP contribution in [0.2, 0.25) is 0 Å². The second-order valence-corrected chi connectivity index (χ2v) is 3.92. The van der Waals surface area contributed by atoms with E-state index in [1.807, 2.05) is 27.7 Å². The average molecular weight is 317 g/mol. The second-order valence-electron chi connectivity index (χ2n) is 3.92. The molecule has 1 N–H and O–H groups in total. The number of halogens is 3. The van der Waals surface area contributed by atoms with Crippen LogP contribution < -0.4 is 10.1 Å². The van der Waals surface area contributed by atoms with E-state index in [2.05, 4.69) is 20.0 Å². The Morgan fingerprint density at radius 2 is 1.82 bits per heavy atom. The molecule has 0 saturated heterocycles. The Morgan fingerprint density at radius 3 is 2.32 bits per heavy atom. The zero-order valence-electron chi connectivity index (χ0n) is 13.5. The molecule has 7 heteroatoms. The second kappa shape index (κ2) is 9.81. The summed E-state index contributed by atoms with van der Waals surface area (Å²) in [6, 6.07) is 5.73. The number of aliphatic imine (C=N–C) groups is 2. The van der Waals surface area contributed by atoms with Crippen LogP contribution in [-0.4, -0.2) is 25.1 Å². The van der Waals surface area contributed by atoms with Gasteiger partial charge in [-0.15, -0.1) is 13.2 Å². The number of nitrogens with zero attached hydrogens (tertiary/aromatic N) is 2. The molecule has 124 valence electrons. The largest absolute Gasteiger partial charge is 0.573 e. The molecule has 0 unspecified atom stereocenters. The van der Waals surface area contributed by atoms with Crippen LogP contribution in [0.4, 0.5) is 18.9 Å². The number of benzene rings is 1. The van der Waals surface area contributed by atoms with Crippen LogP contribution in [0.3, 0.4) is 0 Å². The van der Waals surface area contributed by atoms with Gasteiger partial charge in [0.25, 0.3) is 0 Å². The van der Waals surface area contributed by atoms with E-state index in [-0.39, 0.29) is 17.4 Å². The van der Waals surface area contributed by atoms with E-state index in [0.29, 0.717) is 0 Å². The summed E-state index contributed by atoms with van der Waals surface area (Å²) >= 11 is 0. The molecule has 0 heterocycles. The van der Waals surface area contributed by atoms with Crippen LogP contribution in [0.15, 0.2) is 34.3 Å². The van der Waals surface area contributed by atoms with Crippen molar-refractivity contribution in [2.75, 3.05) is 12.4 Å². The first-order valence-electron chi connectivity index (χ1n) is 6.98. The van der Waals surface area contributed by atoms with Crippen molar-refractivity contribution in [3.05, 3.63) is 24.3 Å². The minimum absolute atomic E-state index is 0.151. The lowest BCUT2D eigenvalue weighted by Gasteiger charge is -2.14. The lowest BCUT2D eigenvalue weighted by molar-refractivity contribution is -0.274. The van der Waals surface area contributed by atoms with Crippen molar-refractivity contribution in [1.82, 2.24) is 0 Å². The lowest BCUT2D eigenvalue weighted by atomic mass is 10.3. The molecule has 0 aliphatic carbocycles. The lowest BCUT2D eigenvalue weighted by Crippen LogP contribution is -2.19. The van der Waals surface area contributed by atoms with E-state index in [4.69, 9.17) is 0 Å². The number of ether oxygens (including phenoxy) is 1. The number of nitrogens with one attached hydrogen (secondary N) is 1. The van der Waals surface area contributed by atoms with Gasteiger partial charge in [0.1, 0.15) is 0 Å². The van der Waals surface area contributed by atoms with Gasteiger partial charge in [0.2, 0.25) is 5.96 Å². The molecule has 4 nitrogen and oxygen atoms in total. The summed E-state index contributed by atoms with van der Waals surface area (Å²) in [6.07, 6.45) is -4.02. The third-order valence-corrected chi connectivity index (χ3v) is 2.38. The first kappa shape index (κ1) is 19.9. The number of rotatable bonds is 3. The molecule has 0 saturated carbocycles. The molecule has 0 aliphatic heterocycles. The summed E-state index contributed by atoms with van der Waals surface area (Å²) in [5.74, 6) is -0.104. The third-order valence-electron chi connectivity index (χ3n) is 2.38. The zero-order valence-corrected chi connectivity index (χ0v) is 13.5. The minimum atomic E-state index is -4.75.